The van der Waals surface area contributed by atoms with Gasteiger partial charge >= 0.3 is 6.18 Å². The average Bonchev–Trinajstić information content (AvgIpc) is 2.81. The van der Waals surface area contributed by atoms with Gasteiger partial charge in [-0.3, -0.25) is 14.8 Å². The fourth-order valence-electron chi connectivity index (χ4n) is 3.83. The van der Waals surface area contributed by atoms with Gasteiger partial charge in [0.05, 0.1) is 16.9 Å². The molecular weight excluding hydrogens is 435 g/mol. The molecule has 170 valence electrons. The number of para-hydroxylation sites is 2. The second kappa shape index (κ2) is 8.95. The monoisotopic (exact) mass is 455 g/mol. The predicted molar refractivity (Wildman–Crippen MR) is 116 cm³/mol. The zero-order chi connectivity index (χ0) is 23.6. The van der Waals surface area contributed by atoms with Crippen LogP contribution in [0.15, 0.2) is 72.8 Å². The number of benzene rings is 3. The highest BCUT2D eigenvalue weighted by Crippen LogP contribution is 2.35. The van der Waals surface area contributed by atoms with Crippen LogP contribution in [0.5, 0.6) is 0 Å². The SMILES string of the molecule is O=C(NO)c1ccc(CN2c3ccccc3NC(=O)[C@H]2Cc2ccc(C(F)(F)F)cc2)cc1. The minimum atomic E-state index is -4.43. The van der Waals surface area contributed by atoms with Gasteiger partial charge in [0.25, 0.3) is 5.91 Å². The smallest absolute Gasteiger partial charge is 0.353 e. The van der Waals surface area contributed by atoms with Crippen LogP contribution in [0.1, 0.15) is 27.0 Å². The topological polar surface area (TPSA) is 81.7 Å². The normalized spacial score (nSPS) is 15.6. The van der Waals surface area contributed by atoms with Crippen LogP contribution in [0.4, 0.5) is 24.5 Å². The number of hydrogen-bond donors (Lipinski definition) is 3. The summed E-state index contributed by atoms with van der Waals surface area (Å²) < 4.78 is 38.7. The zero-order valence-corrected chi connectivity index (χ0v) is 17.3. The molecule has 0 aromatic heterocycles. The highest BCUT2D eigenvalue weighted by Gasteiger charge is 2.34. The van der Waals surface area contributed by atoms with Crippen molar-refractivity contribution in [3.05, 3.63) is 95.1 Å². The Kier molecular flexibility index (Phi) is 6.06. The quantitative estimate of drug-likeness (QED) is 0.394. The summed E-state index contributed by atoms with van der Waals surface area (Å²) >= 11 is 0. The third kappa shape index (κ3) is 4.83. The van der Waals surface area contributed by atoms with Crippen LogP contribution in [0.2, 0.25) is 0 Å². The summed E-state index contributed by atoms with van der Waals surface area (Å²) in [7, 11) is 0. The molecule has 3 N–H and O–H groups in total. The van der Waals surface area contributed by atoms with Gasteiger partial charge in [-0.05, 0) is 47.5 Å². The second-order valence-corrected chi connectivity index (χ2v) is 7.69. The van der Waals surface area contributed by atoms with E-state index >= 15 is 0 Å². The average molecular weight is 455 g/mol. The molecule has 0 radical (unpaired) electrons. The third-order valence-electron chi connectivity index (χ3n) is 5.53. The van der Waals surface area contributed by atoms with Crippen LogP contribution in [-0.4, -0.2) is 23.1 Å². The molecule has 0 saturated carbocycles. The van der Waals surface area contributed by atoms with Crippen LogP contribution in [-0.2, 0) is 23.9 Å². The Morgan fingerprint density at radius 2 is 1.61 bits per heavy atom. The van der Waals surface area contributed by atoms with Gasteiger partial charge in [0.1, 0.15) is 6.04 Å². The molecule has 9 heteroatoms. The van der Waals surface area contributed by atoms with E-state index in [4.69, 9.17) is 5.21 Å². The molecule has 3 aromatic carbocycles. The van der Waals surface area contributed by atoms with Crippen molar-refractivity contribution in [2.75, 3.05) is 10.2 Å². The van der Waals surface area contributed by atoms with Crippen molar-refractivity contribution in [2.45, 2.75) is 25.2 Å². The van der Waals surface area contributed by atoms with Gasteiger partial charge in [0.2, 0.25) is 5.91 Å². The Labute approximate surface area is 187 Å². The summed E-state index contributed by atoms with van der Waals surface area (Å²) in [5.41, 5.74) is 3.95. The molecule has 1 aliphatic rings. The molecule has 1 heterocycles. The summed E-state index contributed by atoms with van der Waals surface area (Å²) in [6.45, 7) is 0.330. The maximum Gasteiger partial charge on any atom is 0.416 e. The highest BCUT2D eigenvalue weighted by atomic mass is 19.4. The number of halogens is 3. The standard InChI is InChI=1S/C24H20F3N3O3/c25-24(26,27)18-11-7-15(8-12-18)13-21-23(32)28-19-3-1-2-4-20(19)30(21)14-16-5-9-17(10-6-16)22(31)29-33/h1-12,21,33H,13-14H2,(H,28,32)(H,29,31)/t21-/m1/s1. The van der Waals surface area contributed by atoms with E-state index in [9.17, 15) is 22.8 Å². The molecule has 1 atom stereocenters. The molecule has 0 bridgehead atoms. The van der Waals surface area contributed by atoms with Crippen LogP contribution in [0.25, 0.3) is 0 Å². The molecule has 6 nitrogen and oxygen atoms in total. The lowest BCUT2D eigenvalue weighted by Crippen LogP contribution is -2.49. The van der Waals surface area contributed by atoms with E-state index in [1.54, 1.807) is 41.9 Å². The number of fused-ring (bicyclic) bond motifs is 1. The van der Waals surface area contributed by atoms with E-state index in [1.807, 2.05) is 17.0 Å². The second-order valence-electron chi connectivity index (χ2n) is 7.69. The molecule has 33 heavy (non-hydrogen) atoms. The van der Waals surface area contributed by atoms with Gasteiger partial charge in [0.15, 0.2) is 0 Å². The zero-order valence-electron chi connectivity index (χ0n) is 17.3. The van der Waals surface area contributed by atoms with E-state index in [0.29, 0.717) is 17.8 Å². The van der Waals surface area contributed by atoms with Crippen LogP contribution >= 0.6 is 0 Å². The Bertz CT molecular complexity index is 1160. The summed E-state index contributed by atoms with van der Waals surface area (Å²) in [4.78, 5) is 26.4. The third-order valence-corrected chi connectivity index (χ3v) is 5.53. The molecule has 0 fully saturated rings. The summed E-state index contributed by atoms with van der Waals surface area (Å²) in [6, 6.07) is 18.0. The minimum absolute atomic E-state index is 0.212. The lowest BCUT2D eigenvalue weighted by molar-refractivity contribution is -0.137. The van der Waals surface area contributed by atoms with Crippen molar-refractivity contribution < 1.29 is 28.0 Å². The number of anilines is 2. The van der Waals surface area contributed by atoms with E-state index < -0.39 is 23.7 Å². The number of carbonyl (C=O) groups is 2. The summed E-state index contributed by atoms with van der Waals surface area (Å²) in [5.74, 6) is -0.894. The predicted octanol–water partition coefficient (Wildman–Crippen LogP) is 4.39. The highest BCUT2D eigenvalue weighted by molar-refractivity contribution is 6.03. The maximum atomic E-state index is 13.0. The van der Waals surface area contributed by atoms with E-state index in [2.05, 4.69) is 5.32 Å². The molecule has 2 amide bonds. The van der Waals surface area contributed by atoms with Crippen molar-refractivity contribution in [3.8, 4) is 0 Å². The first kappa shape index (κ1) is 22.3. The number of nitrogens with zero attached hydrogens (tertiary/aromatic N) is 1. The molecule has 4 rings (SSSR count). The molecule has 0 saturated heterocycles. The number of hydroxylamine groups is 1. The largest absolute Gasteiger partial charge is 0.416 e. The number of alkyl halides is 3. The molecular formula is C24H20F3N3O3. The first-order valence-electron chi connectivity index (χ1n) is 10.1. The minimum Gasteiger partial charge on any atom is -0.353 e. The number of carbonyl (C=O) groups excluding carboxylic acids is 2. The molecule has 0 spiro atoms. The van der Waals surface area contributed by atoms with Crippen molar-refractivity contribution in [2.24, 2.45) is 0 Å². The maximum absolute atomic E-state index is 13.0. The van der Waals surface area contributed by atoms with E-state index in [-0.39, 0.29) is 17.9 Å². The number of amides is 2. The molecule has 0 unspecified atom stereocenters. The Hall–Kier alpha value is -3.85. The lowest BCUT2D eigenvalue weighted by atomic mass is 9.98. The molecule has 3 aromatic rings. The van der Waals surface area contributed by atoms with Gasteiger partial charge in [-0.15, -0.1) is 0 Å². The van der Waals surface area contributed by atoms with Crippen LogP contribution in [0.3, 0.4) is 0 Å². The molecule has 0 aliphatic carbocycles. The fourth-order valence-corrected chi connectivity index (χ4v) is 3.83. The number of nitrogens with one attached hydrogen (secondary N) is 2. The fraction of sp³-hybridized carbons (Fsp3) is 0.167. The first-order valence-corrected chi connectivity index (χ1v) is 10.1. The van der Waals surface area contributed by atoms with Crippen molar-refractivity contribution in [1.29, 1.82) is 0 Å². The lowest BCUT2D eigenvalue weighted by Gasteiger charge is -2.38. The summed E-state index contributed by atoms with van der Waals surface area (Å²) in [6.07, 6.45) is -4.21. The van der Waals surface area contributed by atoms with Gasteiger partial charge in [-0.2, -0.15) is 13.2 Å². The Morgan fingerprint density at radius 3 is 2.24 bits per heavy atom. The van der Waals surface area contributed by atoms with Crippen molar-refractivity contribution >= 4 is 23.2 Å². The Balaban J connectivity index is 1.63. The van der Waals surface area contributed by atoms with E-state index in [0.717, 1.165) is 23.4 Å². The number of rotatable bonds is 5. The van der Waals surface area contributed by atoms with Crippen LogP contribution in [0, 0.1) is 0 Å². The molecule has 1 aliphatic heterocycles. The van der Waals surface area contributed by atoms with Gasteiger partial charge in [-0.1, -0.05) is 36.4 Å². The van der Waals surface area contributed by atoms with Crippen LogP contribution < -0.4 is 15.7 Å². The Morgan fingerprint density at radius 1 is 0.970 bits per heavy atom. The van der Waals surface area contributed by atoms with Crippen molar-refractivity contribution in [1.82, 2.24) is 5.48 Å². The number of hydrogen-bond acceptors (Lipinski definition) is 4. The first-order chi connectivity index (χ1) is 15.8. The van der Waals surface area contributed by atoms with E-state index in [1.165, 1.54) is 12.1 Å². The van der Waals surface area contributed by atoms with Gasteiger partial charge < -0.3 is 10.2 Å². The van der Waals surface area contributed by atoms with Crippen molar-refractivity contribution in [3.63, 3.8) is 0 Å². The van der Waals surface area contributed by atoms with Gasteiger partial charge in [0, 0.05) is 18.5 Å². The summed E-state index contributed by atoms with van der Waals surface area (Å²) in [5, 5.41) is 11.7. The van der Waals surface area contributed by atoms with Gasteiger partial charge in [-0.25, -0.2) is 5.48 Å².